The predicted molar refractivity (Wildman–Crippen MR) is 109 cm³/mol. The molecule has 1 saturated heterocycles. The Balaban J connectivity index is 1.37. The number of para-hydroxylation sites is 1. The van der Waals surface area contributed by atoms with Gasteiger partial charge in [0.05, 0.1) is 0 Å². The fraction of sp³-hybridized carbons (Fsp3) is 0.364. The molecule has 5 heteroatoms. The number of hydrogen-bond donors (Lipinski definition) is 2. The third-order valence-electron chi connectivity index (χ3n) is 5.45. The number of carbonyl (C=O) groups excluding carboxylic acids is 1. The molecule has 0 atom stereocenters. The lowest BCUT2D eigenvalue weighted by Gasteiger charge is -2.30. The van der Waals surface area contributed by atoms with Crippen molar-refractivity contribution in [3.8, 4) is 0 Å². The van der Waals surface area contributed by atoms with Crippen molar-refractivity contribution in [1.29, 1.82) is 0 Å². The number of rotatable bonds is 5. The standard InChI is InChI=1S/C22H26N4O/c1-16-8-12-26(13-9-16)22(27)17-6-10-23-21(14-17)24-11-7-18-15-25-20-5-3-2-4-19(18)20/h2-6,10,14-16,25H,7-9,11-13H2,1H3,(H,23,24). The van der Waals surface area contributed by atoms with Gasteiger partial charge >= 0.3 is 0 Å². The van der Waals surface area contributed by atoms with Crippen LogP contribution in [0.25, 0.3) is 10.9 Å². The first kappa shape index (κ1) is 17.6. The van der Waals surface area contributed by atoms with Crippen molar-refractivity contribution in [3.05, 3.63) is 59.9 Å². The number of hydrogen-bond acceptors (Lipinski definition) is 3. The molecule has 0 radical (unpaired) electrons. The van der Waals surface area contributed by atoms with E-state index in [0.717, 1.165) is 50.2 Å². The molecule has 0 spiro atoms. The van der Waals surface area contributed by atoms with Crippen LogP contribution in [0.3, 0.4) is 0 Å². The van der Waals surface area contributed by atoms with Crippen LogP contribution in [-0.4, -0.2) is 40.4 Å². The summed E-state index contributed by atoms with van der Waals surface area (Å²) in [4.78, 5) is 22.4. The van der Waals surface area contributed by atoms with Crippen molar-refractivity contribution in [3.63, 3.8) is 0 Å². The Morgan fingerprint density at radius 3 is 2.93 bits per heavy atom. The number of likely N-dealkylation sites (tertiary alicyclic amines) is 1. The van der Waals surface area contributed by atoms with Gasteiger partial charge in [0.15, 0.2) is 0 Å². The maximum absolute atomic E-state index is 12.7. The topological polar surface area (TPSA) is 61.0 Å². The molecule has 3 heterocycles. The van der Waals surface area contributed by atoms with Gasteiger partial charge in [0.1, 0.15) is 5.82 Å². The molecule has 4 rings (SSSR count). The largest absolute Gasteiger partial charge is 0.370 e. The van der Waals surface area contributed by atoms with E-state index in [4.69, 9.17) is 0 Å². The van der Waals surface area contributed by atoms with Gasteiger partial charge in [-0.2, -0.15) is 0 Å². The minimum atomic E-state index is 0.115. The van der Waals surface area contributed by atoms with Crippen LogP contribution in [0.2, 0.25) is 0 Å². The second kappa shape index (κ2) is 7.82. The minimum absolute atomic E-state index is 0.115. The van der Waals surface area contributed by atoms with Gasteiger partial charge in [0.25, 0.3) is 5.91 Å². The number of anilines is 1. The number of aromatic nitrogens is 2. The number of pyridine rings is 1. The molecule has 5 nitrogen and oxygen atoms in total. The van der Waals surface area contributed by atoms with Gasteiger partial charge in [-0.3, -0.25) is 4.79 Å². The average molecular weight is 362 g/mol. The molecular weight excluding hydrogens is 336 g/mol. The van der Waals surface area contributed by atoms with E-state index in [9.17, 15) is 4.79 Å². The quantitative estimate of drug-likeness (QED) is 0.719. The van der Waals surface area contributed by atoms with E-state index in [1.165, 1.54) is 10.9 Å². The highest BCUT2D eigenvalue weighted by Crippen LogP contribution is 2.20. The third kappa shape index (κ3) is 3.97. The maximum atomic E-state index is 12.7. The highest BCUT2D eigenvalue weighted by atomic mass is 16.2. The van der Waals surface area contributed by atoms with Crippen molar-refractivity contribution < 1.29 is 4.79 Å². The molecule has 1 aliphatic heterocycles. The number of benzene rings is 1. The number of carbonyl (C=O) groups is 1. The zero-order valence-electron chi connectivity index (χ0n) is 15.7. The Hall–Kier alpha value is -2.82. The fourth-order valence-electron chi connectivity index (χ4n) is 3.72. The molecular formula is C22H26N4O. The van der Waals surface area contributed by atoms with Crippen molar-refractivity contribution in [2.24, 2.45) is 5.92 Å². The van der Waals surface area contributed by atoms with Gasteiger partial charge in [-0.05, 0) is 48.9 Å². The monoisotopic (exact) mass is 362 g/mol. The van der Waals surface area contributed by atoms with Crippen molar-refractivity contribution in [2.45, 2.75) is 26.2 Å². The Bertz CT molecular complexity index is 925. The van der Waals surface area contributed by atoms with E-state index in [2.05, 4.69) is 46.6 Å². The van der Waals surface area contributed by atoms with E-state index in [-0.39, 0.29) is 5.91 Å². The number of nitrogens with one attached hydrogen (secondary N) is 2. The highest BCUT2D eigenvalue weighted by Gasteiger charge is 2.21. The minimum Gasteiger partial charge on any atom is -0.370 e. The summed E-state index contributed by atoms with van der Waals surface area (Å²) in [5, 5.41) is 4.62. The van der Waals surface area contributed by atoms with Crippen molar-refractivity contribution in [1.82, 2.24) is 14.9 Å². The van der Waals surface area contributed by atoms with E-state index in [1.54, 1.807) is 6.20 Å². The summed E-state index contributed by atoms with van der Waals surface area (Å²) < 4.78 is 0. The number of nitrogens with zero attached hydrogens (tertiary/aromatic N) is 2. The normalized spacial score (nSPS) is 15.2. The van der Waals surface area contributed by atoms with Crippen LogP contribution in [0.5, 0.6) is 0 Å². The van der Waals surface area contributed by atoms with Crippen LogP contribution in [-0.2, 0) is 6.42 Å². The van der Waals surface area contributed by atoms with Crippen LogP contribution in [0.15, 0.2) is 48.8 Å². The average Bonchev–Trinajstić information content (AvgIpc) is 3.12. The van der Waals surface area contributed by atoms with E-state index >= 15 is 0 Å². The van der Waals surface area contributed by atoms with Crippen LogP contribution in [0.4, 0.5) is 5.82 Å². The molecule has 1 aliphatic rings. The van der Waals surface area contributed by atoms with E-state index in [0.29, 0.717) is 11.5 Å². The summed E-state index contributed by atoms with van der Waals surface area (Å²) in [6.07, 6.45) is 6.86. The first-order valence-electron chi connectivity index (χ1n) is 9.75. The summed E-state index contributed by atoms with van der Waals surface area (Å²) in [6, 6.07) is 12.0. The number of piperidine rings is 1. The Labute approximate surface area is 159 Å². The van der Waals surface area contributed by atoms with Crippen LogP contribution in [0, 0.1) is 5.92 Å². The number of H-pyrrole nitrogens is 1. The summed E-state index contributed by atoms with van der Waals surface area (Å²) in [7, 11) is 0. The summed E-state index contributed by atoms with van der Waals surface area (Å²) in [5.74, 6) is 1.59. The smallest absolute Gasteiger partial charge is 0.254 e. The van der Waals surface area contributed by atoms with Crippen molar-refractivity contribution in [2.75, 3.05) is 25.0 Å². The zero-order valence-corrected chi connectivity index (χ0v) is 15.7. The van der Waals surface area contributed by atoms with Gasteiger partial charge < -0.3 is 15.2 Å². The lowest BCUT2D eigenvalue weighted by atomic mass is 9.99. The van der Waals surface area contributed by atoms with Gasteiger partial charge in [0.2, 0.25) is 0 Å². The molecule has 0 saturated carbocycles. The molecule has 0 unspecified atom stereocenters. The molecule has 140 valence electrons. The van der Waals surface area contributed by atoms with E-state index < -0.39 is 0 Å². The Kier molecular flexibility index (Phi) is 5.10. The fourth-order valence-corrected chi connectivity index (χ4v) is 3.72. The Morgan fingerprint density at radius 1 is 1.26 bits per heavy atom. The number of aromatic amines is 1. The second-order valence-corrected chi connectivity index (χ2v) is 7.44. The highest BCUT2D eigenvalue weighted by molar-refractivity contribution is 5.94. The van der Waals surface area contributed by atoms with Crippen LogP contribution >= 0.6 is 0 Å². The first-order chi connectivity index (χ1) is 13.2. The van der Waals surface area contributed by atoms with Gasteiger partial charge in [-0.1, -0.05) is 25.1 Å². The number of fused-ring (bicyclic) bond motifs is 1. The van der Waals surface area contributed by atoms with Crippen LogP contribution in [0.1, 0.15) is 35.7 Å². The molecule has 3 aromatic rings. The Morgan fingerprint density at radius 2 is 2.07 bits per heavy atom. The van der Waals surface area contributed by atoms with E-state index in [1.807, 2.05) is 23.1 Å². The molecule has 2 aromatic heterocycles. The zero-order chi connectivity index (χ0) is 18.6. The molecule has 27 heavy (non-hydrogen) atoms. The maximum Gasteiger partial charge on any atom is 0.254 e. The van der Waals surface area contributed by atoms with Gasteiger partial charge in [-0.15, -0.1) is 0 Å². The summed E-state index contributed by atoms with van der Waals surface area (Å²) >= 11 is 0. The SMILES string of the molecule is CC1CCN(C(=O)c2ccnc(NCCc3c[nH]c4ccccc34)c2)CC1. The second-order valence-electron chi connectivity index (χ2n) is 7.44. The summed E-state index contributed by atoms with van der Waals surface area (Å²) in [5.41, 5.74) is 3.16. The molecule has 2 N–H and O–H groups in total. The molecule has 0 bridgehead atoms. The van der Waals surface area contributed by atoms with Gasteiger partial charge in [0, 0.05) is 48.5 Å². The summed E-state index contributed by atoms with van der Waals surface area (Å²) in [6.45, 7) is 4.73. The first-order valence-corrected chi connectivity index (χ1v) is 9.75. The lowest BCUT2D eigenvalue weighted by molar-refractivity contribution is 0.0697. The van der Waals surface area contributed by atoms with Gasteiger partial charge in [-0.25, -0.2) is 4.98 Å². The molecule has 1 aromatic carbocycles. The molecule has 0 aliphatic carbocycles. The third-order valence-corrected chi connectivity index (χ3v) is 5.45. The number of amides is 1. The molecule has 1 amide bonds. The van der Waals surface area contributed by atoms with Crippen LogP contribution < -0.4 is 5.32 Å². The van der Waals surface area contributed by atoms with Crippen molar-refractivity contribution >= 4 is 22.6 Å². The lowest BCUT2D eigenvalue weighted by Crippen LogP contribution is -2.37. The molecule has 1 fully saturated rings. The predicted octanol–water partition coefficient (Wildman–Crippen LogP) is 4.09.